The molecule has 1 unspecified atom stereocenters. The Morgan fingerprint density at radius 1 is 1.60 bits per heavy atom. The number of allylic oxidation sites excluding steroid dienone is 2. The second-order valence-electron chi connectivity index (χ2n) is 2.79. The predicted octanol–water partition coefficient (Wildman–Crippen LogP) is 1.14. The van der Waals surface area contributed by atoms with E-state index in [2.05, 4.69) is 6.58 Å². The molecule has 15 heavy (non-hydrogen) atoms. The van der Waals surface area contributed by atoms with Crippen LogP contribution in [0.25, 0.3) is 0 Å². The molecule has 0 aromatic heterocycles. The molecule has 0 saturated heterocycles. The minimum Gasteiger partial charge on any atom is -0.463 e. The Hall–Kier alpha value is -1.84. The van der Waals surface area contributed by atoms with E-state index in [-0.39, 0.29) is 6.61 Å². The Bertz CT molecular complexity index is 338. The van der Waals surface area contributed by atoms with Crippen LogP contribution in [0.1, 0.15) is 6.92 Å². The van der Waals surface area contributed by atoms with Crippen molar-refractivity contribution in [3.05, 3.63) is 36.5 Å². The van der Waals surface area contributed by atoms with E-state index in [0.717, 1.165) is 6.08 Å². The van der Waals surface area contributed by atoms with Gasteiger partial charge in [0.1, 0.15) is 0 Å². The van der Waals surface area contributed by atoms with Gasteiger partial charge < -0.3 is 9.47 Å². The van der Waals surface area contributed by atoms with Crippen molar-refractivity contribution in [2.45, 2.75) is 13.0 Å². The molecule has 0 heterocycles. The standard InChI is InChI=1S/C11H12O4/c1-3-10(12)15-9-7-5-6-8(9)11(13)14-4-2/h3,5-7,9H,1,4H2,2H3. The smallest absolute Gasteiger partial charge is 0.338 e. The van der Waals surface area contributed by atoms with E-state index in [1.54, 1.807) is 25.2 Å². The van der Waals surface area contributed by atoms with E-state index in [9.17, 15) is 9.59 Å². The summed E-state index contributed by atoms with van der Waals surface area (Å²) in [6, 6.07) is 0. The lowest BCUT2D eigenvalue weighted by atomic mass is 10.2. The van der Waals surface area contributed by atoms with Crippen LogP contribution in [0.5, 0.6) is 0 Å². The molecule has 1 aliphatic carbocycles. The first kappa shape index (κ1) is 11.2. The molecule has 1 aliphatic rings. The van der Waals surface area contributed by atoms with Gasteiger partial charge in [-0.25, -0.2) is 9.59 Å². The van der Waals surface area contributed by atoms with Crippen LogP contribution in [0.2, 0.25) is 0 Å². The third-order valence-corrected chi connectivity index (χ3v) is 1.79. The molecule has 0 fully saturated rings. The Morgan fingerprint density at radius 3 is 2.93 bits per heavy atom. The fraction of sp³-hybridized carbons (Fsp3) is 0.273. The highest BCUT2D eigenvalue weighted by atomic mass is 16.6. The third kappa shape index (κ3) is 2.80. The van der Waals surface area contributed by atoms with Crippen molar-refractivity contribution in [1.29, 1.82) is 0 Å². The van der Waals surface area contributed by atoms with Gasteiger partial charge in [-0.05, 0) is 19.1 Å². The van der Waals surface area contributed by atoms with Gasteiger partial charge in [0.25, 0.3) is 0 Å². The first-order valence-corrected chi connectivity index (χ1v) is 4.57. The van der Waals surface area contributed by atoms with Gasteiger partial charge in [0.05, 0.1) is 12.2 Å². The predicted molar refractivity (Wildman–Crippen MR) is 53.9 cm³/mol. The molecule has 0 amide bonds. The summed E-state index contributed by atoms with van der Waals surface area (Å²) in [4.78, 5) is 22.3. The van der Waals surface area contributed by atoms with Gasteiger partial charge in [0.15, 0.2) is 6.10 Å². The minimum absolute atomic E-state index is 0.290. The number of hydrogen-bond acceptors (Lipinski definition) is 4. The van der Waals surface area contributed by atoms with Crippen molar-refractivity contribution in [1.82, 2.24) is 0 Å². The van der Waals surface area contributed by atoms with Crippen molar-refractivity contribution >= 4 is 11.9 Å². The molecule has 0 radical (unpaired) electrons. The Balaban J connectivity index is 2.63. The fourth-order valence-corrected chi connectivity index (χ4v) is 1.13. The van der Waals surface area contributed by atoms with E-state index in [0.29, 0.717) is 5.57 Å². The molecule has 0 aromatic rings. The number of carbonyl (C=O) groups is 2. The van der Waals surface area contributed by atoms with Gasteiger partial charge in [0.2, 0.25) is 0 Å². The van der Waals surface area contributed by atoms with Crippen LogP contribution >= 0.6 is 0 Å². The van der Waals surface area contributed by atoms with Crippen molar-refractivity contribution < 1.29 is 19.1 Å². The molecule has 0 aliphatic heterocycles. The van der Waals surface area contributed by atoms with Crippen LogP contribution < -0.4 is 0 Å². The van der Waals surface area contributed by atoms with Crippen molar-refractivity contribution in [2.75, 3.05) is 6.61 Å². The van der Waals surface area contributed by atoms with Gasteiger partial charge in [-0.1, -0.05) is 12.7 Å². The maximum atomic E-state index is 11.4. The van der Waals surface area contributed by atoms with Crippen LogP contribution in [0.15, 0.2) is 36.5 Å². The summed E-state index contributed by atoms with van der Waals surface area (Å²) in [7, 11) is 0. The summed E-state index contributed by atoms with van der Waals surface area (Å²) in [6.45, 7) is 5.28. The van der Waals surface area contributed by atoms with Crippen LogP contribution in [0.4, 0.5) is 0 Å². The summed E-state index contributed by atoms with van der Waals surface area (Å²) < 4.78 is 9.73. The number of rotatable bonds is 4. The van der Waals surface area contributed by atoms with Gasteiger partial charge in [-0.15, -0.1) is 0 Å². The quantitative estimate of drug-likeness (QED) is 0.513. The highest BCUT2D eigenvalue weighted by Gasteiger charge is 2.25. The summed E-state index contributed by atoms with van der Waals surface area (Å²) in [6.07, 6.45) is 5.21. The molecule has 4 nitrogen and oxygen atoms in total. The normalized spacial score (nSPS) is 18.2. The first-order valence-electron chi connectivity index (χ1n) is 4.57. The lowest BCUT2D eigenvalue weighted by Crippen LogP contribution is -2.21. The second-order valence-corrected chi connectivity index (χ2v) is 2.79. The highest BCUT2D eigenvalue weighted by molar-refractivity contribution is 5.92. The zero-order chi connectivity index (χ0) is 11.3. The van der Waals surface area contributed by atoms with Crippen LogP contribution in [-0.4, -0.2) is 24.6 Å². The molecule has 4 heteroatoms. The molecule has 0 saturated carbocycles. The number of ether oxygens (including phenoxy) is 2. The number of hydrogen-bond donors (Lipinski definition) is 0. The monoisotopic (exact) mass is 208 g/mol. The zero-order valence-corrected chi connectivity index (χ0v) is 8.43. The molecule has 0 spiro atoms. The van der Waals surface area contributed by atoms with Crippen LogP contribution in [0.3, 0.4) is 0 Å². The van der Waals surface area contributed by atoms with E-state index in [1.165, 1.54) is 0 Å². The van der Waals surface area contributed by atoms with Crippen molar-refractivity contribution in [2.24, 2.45) is 0 Å². The van der Waals surface area contributed by atoms with Gasteiger partial charge in [-0.2, -0.15) is 0 Å². The molecular formula is C11H12O4. The van der Waals surface area contributed by atoms with E-state index >= 15 is 0 Å². The van der Waals surface area contributed by atoms with E-state index in [4.69, 9.17) is 9.47 Å². The maximum absolute atomic E-state index is 11.4. The lowest BCUT2D eigenvalue weighted by Gasteiger charge is -2.12. The minimum atomic E-state index is -0.658. The van der Waals surface area contributed by atoms with Gasteiger partial charge in [0, 0.05) is 6.08 Å². The SMILES string of the molecule is C=CC(=O)OC1C=CC=C1C(=O)OCC. The van der Waals surface area contributed by atoms with Gasteiger partial charge >= 0.3 is 11.9 Å². The van der Waals surface area contributed by atoms with Gasteiger partial charge in [-0.3, -0.25) is 0 Å². The third-order valence-electron chi connectivity index (χ3n) is 1.79. The molecule has 0 aromatic carbocycles. The van der Waals surface area contributed by atoms with Crippen molar-refractivity contribution in [3.63, 3.8) is 0 Å². The fourth-order valence-electron chi connectivity index (χ4n) is 1.13. The van der Waals surface area contributed by atoms with Crippen molar-refractivity contribution in [3.8, 4) is 0 Å². The average Bonchev–Trinajstić information content (AvgIpc) is 2.66. The maximum Gasteiger partial charge on any atom is 0.338 e. The van der Waals surface area contributed by atoms with E-state index in [1.807, 2.05) is 0 Å². The van der Waals surface area contributed by atoms with Crippen LogP contribution in [-0.2, 0) is 19.1 Å². The Morgan fingerprint density at radius 2 is 2.33 bits per heavy atom. The summed E-state index contributed by atoms with van der Waals surface area (Å²) in [5.74, 6) is -1.04. The average molecular weight is 208 g/mol. The summed E-state index contributed by atoms with van der Waals surface area (Å²) in [5.41, 5.74) is 0.326. The molecule has 80 valence electrons. The Labute approximate surface area is 87.9 Å². The molecule has 1 atom stereocenters. The molecule has 0 N–H and O–H groups in total. The zero-order valence-electron chi connectivity index (χ0n) is 8.43. The molecule has 0 bridgehead atoms. The largest absolute Gasteiger partial charge is 0.463 e. The Kier molecular flexibility index (Phi) is 3.85. The van der Waals surface area contributed by atoms with Crippen LogP contribution in [0, 0.1) is 0 Å². The highest BCUT2D eigenvalue weighted by Crippen LogP contribution is 2.17. The number of carbonyl (C=O) groups excluding carboxylic acids is 2. The summed E-state index contributed by atoms with van der Waals surface area (Å²) >= 11 is 0. The van der Waals surface area contributed by atoms with E-state index < -0.39 is 18.0 Å². The summed E-state index contributed by atoms with van der Waals surface area (Å²) in [5, 5.41) is 0. The topological polar surface area (TPSA) is 52.6 Å². The second kappa shape index (κ2) is 5.14. The lowest BCUT2D eigenvalue weighted by molar-refractivity contribution is -0.143. The first-order chi connectivity index (χ1) is 7.19. The molecule has 1 rings (SSSR count). The number of esters is 2. The molecular weight excluding hydrogens is 196 g/mol.